The third-order valence-electron chi connectivity index (χ3n) is 3.59. The number of hydrogen-bond donors (Lipinski definition) is 1. The van der Waals surface area contributed by atoms with Crippen molar-refractivity contribution in [1.29, 1.82) is 0 Å². The lowest BCUT2D eigenvalue weighted by Crippen LogP contribution is -2.24. The summed E-state index contributed by atoms with van der Waals surface area (Å²) in [5.41, 5.74) is 3.06. The van der Waals surface area contributed by atoms with E-state index >= 15 is 0 Å². The maximum absolute atomic E-state index is 11.4. The van der Waals surface area contributed by atoms with Crippen LogP contribution in [0.25, 0.3) is 0 Å². The number of carbonyl (C=O) groups is 1. The topological polar surface area (TPSA) is 55.8 Å². The molecule has 0 saturated heterocycles. The molecular weight excluding hydrogens is 268 g/mol. The Hall–Kier alpha value is -1.23. The Morgan fingerprint density at radius 2 is 2.10 bits per heavy atom. The van der Waals surface area contributed by atoms with E-state index in [-0.39, 0.29) is 0 Å². The molecule has 4 nitrogen and oxygen atoms in total. The van der Waals surface area contributed by atoms with E-state index in [0.29, 0.717) is 13.2 Å². The number of ether oxygens (including phenoxy) is 2. The summed E-state index contributed by atoms with van der Waals surface area (Å²) in [4.78, 5) is 11.4. The second-order valence-electron chi connectivity index (χ2n) is 5.15. The fourth-order valence-electron chi connectivity index (χ4n) is 2.38. The number of benzene rings is 1. The first-order valence-electron chi connectivity index (χ1n) is 7.48. The van der Waals surface area contributed by atoms with Crippen molar-refractivity contribution in [1.82, 2.24) is 0 Å². The first kappa shape index (κ1) is 17.8. The van der Waals surface area contributed by atoms with Crippen LogP contribution in [0.4, 0.5) is 0 Å². The van der Waals surface area contributed by atoms with Gasteiger partial charge >= 0.3 is 0 Å². The summed E-state index contributed by atoms with van der Waals surface area (Å²) in [6.07, 6.45) is 2.31. The van der Waals surface area contributed by atoms with Crippen LogP contribution >= 0.6 is 0 Å². The van der Waals surface area contributed by atoms with Crippen molar-refractivity contribution in [3.05, 3.63) is 34.9 Å². The average molecular weight is 294 g/mol. The van der Waals surface area contributed by atoms with Crippen molar-refractivity contribution in [3.8, 4) is 0 Å². The lowest BCUT2D eigenvalue weighted by atomic mass is 9.91. The molecule has 0 fully saturated rings. The second kappa shape index (κ2) is 9.66. The number of rotatable bonds is 10. The van der Waals surface area contributed by atoms with Gasteiger partial charge in [-0.3, -0.25) is 0 Å². The molecule has 2 unspecified atom stereocenters. The van der Waals surface area contributed by atoms with Crippen LogP contribution in [0.2, 0.25) is 0 Å². The number of aliphatic hydroxyl groups excluding tert-OH is 1. The van der Waals surface area contributed by atoms with Gasteiger partial charge in [0.2, 0.25) is 0 Å². The molecule has 0 amide bonds. The maximum Gasteiger partial charge on any atom is 0.168 e. The van der Waals surface area contributed by atoms with E-state index in [1.54, 1.807) is 7.11 Å². The van der Waals surface area contributed by atoms with Crippen molar-refractivity contribution in [3.63, 3.8) is 0 Å². The van der Waals surface area contributed by atoms with E-state index in [1.807, 2.05) is 26.0 Å². The fourth-order valence-corrected chi connectivity index (χ4v) is 2.38. The molecule has 0 aliphatic rings. The lowest BCUT2D eigenvalue weighted by Gasteiger charge is -2.21. The van der Waals surface area contributed by atoms with E-state index in [9.17, 15) is 9.90 Å². The third-order valence-corrected chi connectivity index (χ3v) is 3.59. The Bertz CT molecular complexity index is 431. The zero-order valence-electron chi connectivity index (χ0n) is 13.2. The van der Waals surface area contributed by atoms with Gasteiger partial charge in [-0.1, -0.05) is 25.1 Å². The van der Waals surface area contributed by atoms with E-state index in [4.69, 9.17) is 9.47 Å². The van der Waals surface area contributed by atoms with Crippen molar-refractivity contribution < 1.29 is 19.4 Å². The highest BCUT2D eigenvalue weighted by atomic mass is 16.6. The minimum atomic E-state index is -1.09. The van der Waals surface area contributed by atoms with Crippen LogP contribution in [-0.2, 0) is 20.7 Å². The molecule has 0 aliphatic carbocycles. The lowest BCUT2D eigenvalue weighted by molar-refractivity contribution is -0.133. The first-order chi connectivity index (χ1) is 10.2. The summed E-state index contributed by atoms with van der Waals surface area (Å²) in [5, 5.41) is 10.0. The minimum Gasteiger partial charge on any atom is -0.385 e. The quantitative estimate of drug-likeness (QED) is 0.409. The predicted molar refractivity (Wildman–Crippen MR) is 82.4 cm³/mol. The molecule has 118 valence electrons. The zero-order chi connectivity index (χ0) is 15.7. The zero-order valence-corrected chi connectivity index (χ0v) is 13.2. The summed E-state index contributed by atoms with van der Waals surface area (Å²) in [5.74, 6) is -0.640. The number of aldehydes is 1. The number of aliphatic hydroxyl groups is 1. The van der Waals surface area contributed by atoms with Crippen molar-refractivity contribution in [2.75, 3.05) is 20.3 Å². The van der Waals surface area contributed by atoms with Crippen LogP contribution in [0, 0.1) is 6.92 Å². The standard InChI is InChI=1S/C17H26O4/c1-4-10-21-17(19)16(12-18)15-9-5-7-14(13(15)2)8-6-11-20-3/h5,7,9,12,16-17,19H,4,6,8,10-11H2,1-3H3. The van der Waals surface area contributed by atoms with Gasteiger partial charge in [0.1, 0.15) is 6.29 Å². The molecule has 1 rings (SSSR count). The minimum absolute atomic E-state index is 0.443. The highest BCUT2D eigenvalue weighted by Gasteiger charge is 2.23. The Morgan fingerprint density at radius 3 is 2.71 bits per heavy atom. The van der Waals surface area contributed by atoms with Crippen LogP contribution in [0.5, 0.6) is 0 Å². The van der Waals surface area contributed by atoms with Gasteiger partial charge in [-0.2, -0.15) is 0 Å². The number of methoxy groups -OCH3 is 1. The van der Waals surface area contributed by atoms with Gasteiger partial charge in [-0.05, 0) is 42.9 Å². The maximum atomic E-state index is 11.4. The average Bonchev–Trinajstić information content (AvgIpc) is 2.49. The molecule has 0 spiro atoms. The second-order valence-corrected chi connectivity index (χ2v) is 5.15. The largest absolute Gasteiger partial charge is 0.385 e. The van der Waals surface area contributed by atoms with E-state index in [2.05, 4.69) is 6.07 Å². The molecule has 21 heavy (non-hydrogen) atoms. The molecule has 0 saturated carbocycles. The van der Waals surface area contributed by atoms with Crippen LogP contribution in [-0.4, -0.2) is 38.0 Å². The number of aryl methyl sites for hydroxylation is 1. The number of carbonyl (C=O) groups excluding carboxylic acids is 1. The van der Waals surface area contributed by atoms with Gasteiger partial charge in [0.25, 0.3) is 0 Å². The number of hydrogen-bond acceptors (Lipinski definition) is 4. The summed E-state index contributed by atoms with van der Waals surface area (Å²) >= 11 is 0. The van der Waals surface area contributed by atoms with Crippen molar-refractivity contribution in [2.45, 2.75) is 45.3 Å². The van der Waals surface area contributed by atoms with E-state index in [0.717, 1.165) is 36.7 Å². The first-order valence-corrected chi connectivity index (χ1v) is 7.48. The van der Waals surface area contributed by atoms with Gasteiger partial charge < -0.3 is 19.4 Å². The van der Waals surface area contributed by atoms with Crippen LogP contribution < -0.4 is 0 Å². The van der Waals surface area contributed by atoms with E-state index < -0.39 is 12.2 Å². The van der Waals surface area contributed by atoms with Crippen LogP contribution in [0.1, 0.15) is 42.4 Å². The van der Waals surface area contributed by atoms with Crippen LogP contribution in [0.3, 0.4) is 0 Å². The Kier molecular flexibility index (Phi) is 8.20. The monoisotopic (exact) mass is 294 g/mol. The smallest absolute Gasteiger partial charge is 0.168 e. The summed E-state index contributed by atoms with van der Waals surface area (Å²) in [6, 6.07) is 5.86. The molecule has 0 aromatic heterocycles. The summed E-state index contributed by atoms with van der Waals surface area (Å²) < 4.78 is 10.4. The fraction of sp³-hybridized carbons (Fsp3) is 0.588. The van der Waals surface area contributed by atoms with Gasteiger partial charge in [0, 0.05) is 20.3 Å². The van der Waals surface area contributed by atoms with Crippen LogP contribution in [0.15, 0.2) is 18.2 Å². The summed E-state index contributed by atoms with van der Waals surface area (Å²) in [6.45, 7) is 5.10. The molecule has 4 heteroatoms. The highest BCUT2D eigenvalue weighted by Crippen LogP contribution is 2.25. The molecule has 0 heterocycles. The Labute approximate surface area is 127 Å². The molecule has 1 aromatic carbocycles. The molecular formula is C17H26O4. The SMILES string of the molecule is CCCOC(O)C(C=O)c1cccc(CCCOC)c1C. The highest BCUT2D eigenvalue weighted by molar-refractivity contribution is 5.64. The normalized spacial score (nSPS) is 13.9. The van der Waals surface area contributed by atoms with Gasteiger partial charge in [0.05, 0.1) is 5.92 Å². The van der Waals surface area contributed by atoms with E-state index in [1.165, 1.54) is 5.56 Å². The Morgan fingerprint density at radius 1 is 1.33 bits per heavy atom. The van der Waals surface area contributed by atoms with Gasteiger partial charge in [0.15, 0.2) is 6.29 Å². The molecule has 1 aromatic rings. The molecule has 1 N–H and O–H groups in total. The van der Waals surface area contributed by atoms with Gasteiger partial charge in [-0.15, -0.1) is 0 Å². The van der Waals surface area contributed by atoms with Gasteiger partial charge in [-0.25, -0.2) is 0 Å². The molecule has 2 atom stereocenters. The molecule has 0 radical (unpaired) electrons. The summed E-state index contributed by atoms with van der Waals surface area (Å²) in [7, 11) is 1.69. The molecule has 0 aliphatic heterocycles. The molecule has 0 bridgehead atoms. The third kappa shape index (κ3) is 5.23. The van der Waals surface area contributed by atoms with Crippen molar-refractivity contribution in [2.24, 2.45) is 0 Å². The van der Waals surface area contributed by atoms with Crippen molar-refractivity contribution >= 4 is 6.29 Å². The predicted octanol–water partition coefficient (Wildman–Crippen LogP) is 2.60. The Balaban J connectivity index is 2.88.